The lowest BCUT2D eigenvalue weighted by molar-refractivity contribution is -0.121. The molecule has 1 aliphatic rings. The first kappa shape index (κ1) is 21.0. The molecule has 1 heterocycles. The van der Waals surface area contributed by atoms with Gasteiger partial charge in [0.25, 0.3) is 10.0 Å². The van der Waals surface area contributed by atoms with Gasteiger partial charge in [-0.05, 0) is 42.7 Å². The second kappa shape index (κ2) is 8.32. The number of nitrogens with zero attached hydrogens (tertiary/aromatic N) is 1. The van der Waals surface area contributed by atoms with Gasteiger partial charge in [-0.3, -0.25) is 9.52 Å². The second-order valence-corrected chi connectivity index (χ2v) is 8.86. The molecule has 0 aromatic heterocycles. The monoisotopic (exact) mass is 418 g/mol. The summed E-state index contributed by atoms with van der Waals surface area (Å²) < 4.78 is 39.0. The van der Waals surface area contributed by atoms with Gasteiger partial charge in [-0.25, -0.2) is 8.42 Å². The molecule has 1 amide bonds. The number of hydrogen-bond donors (Lipinski definition) is 1. The van der Waals surface area contributed by atoms with Crippen molar-refractivity contribution >= 4 is 27.3 Å². The molecule has 0 saturated heterocycles. The van der Waals surface area contributed by atoms with Crippen molar-refractivity contribution in [3.05, 3.63) is 42.0 Å². The second-order valence-electron chi connectivity index (χ2n) is 7.21. The van der Waals surface area contributed by atoms with Crippen molar-refractivity contribution in [2.75, 3.05) is 30.4 Å². The molecule has 0 atom stereocenters. The van der Waals surface area contributed by atoms with E-state index in [1.54, 1.807) is 29.2 Å². The van der Waals surface area contributed by atoms with Crippen LogP contribution in [0.3, 0.4) is 0 Å². The molecule has 29 heavy (non-hydrogen) atoms. The Labute approximate surface area is 171 Å². The maximum Gasteiger partial charge on any atom is 0.265 e. The fourth-order valence-corrected chi connectivity index (χ4v) is 4.62. The van der Waals surface area contributed by atoms with E-state index in [-0.39, 0.29) is 22.5 Å². The van der Waals surface area contributed by atoms with Crippen LogP contribution in [-0.4, -0.2) is 35.1 Å². The molecule has 0 bridgehead atoms. The van der Waals surface area contributed by atoms with E-state index in [0.717, 1.165) is 24.1 Å². The van der Waals surface area contributed by atoms with Crippen molar-refractivity contribution in [2.24, 2.45) is 5.92 Å². The number of hydrogen-bond acceptors (Lipinski definition) is 5. The Hall–Kier alpha value is -2.74. The smallest absolute Gasteiger partial charge is 0.265 e. The number of ether oxygens (including phenoxy) is 2. The zero-order chi connectivity index (χ0) is 21.2. The van der Waals surface area contributed by atoms with E-state index in [2.05, 4.69) is 4.72 Å². The quantitative estimate of drug-likeness (QED) is 0.777. The Kier molecular flexibility index (Phi) is 6.02. The summed E-state index contributed by atoms with van der Waals surface area (Å²) in [6.07, 6.45) is 1.74. The number of aryl methyl sites for hydroxylation is 1. The number of carbonyl (C=O) groups is 1. The van der Waals surface area contributed by atoms with Gasteiger partial charge in [0, 0.05) is 24.2 Å². The molecule has 0 aliphatic carbocycles. The molecule has 0 radical (unpaired) electrons. The van der Waals surface area contributed by atoms with Crippen molar-refractivity contribution in [2.45, 2.75) is 31.6 Å². The number of carbonyl (C=O) groups excluding carboxylic acids is 1. The first-order chi connectivity index (χ1) is 13.8. The van der Waals surface area contributed by atoms with Gasteiger partial charge in [-0.2, -0.15) is 0 Å². The first-order valence-electron chi connectivity index (χ1n) is 9.46. The fraction of sp³-hybridized carbons (Fsp3) is 0.381. The van der Waals surface area contributed by atoms with Crippen LogP contribution in [0.5, 0.6) is 11.5 Å². The lowest BCUT2D eigenvalue weighted by atomic mass is 9.99. The highest BCUT2D eigenvalue weighted by Gasteiger charge is 2.26. The van der Waals surface area contributed by atoms with E-state index in [4.69, 9.17) is 9.47 Å². The standard InChI is InChI=1S/C21H26N2O5S/c1-14(2)21(24)23-11-5-6-15-7-8-16(12-18(15)23)22-29(25,26)20-13-17(27-3)9-10-19(20)28-4/h7-10,12-14,22H,5-6,11H2,1-4H3. The van der Waals surface area contributed by atoms with Crippen molar-refractivity contribution < 1.29 is 22.7 Å². The molecule has 8 heteroatoms. The molecule has 156 valence electrons. The van der Waals surface area contributed by atoms with Crippen molar-refractivity contribution in [3.63, 3.8) is 0 Å². The maximum atomic E-state index is 13.0. The number of fused-ring (bicyclic) bond motifs is 1. The lowest BCUT2D eigenvalue weighted by Gasteiger charge is -2.31. The van der Waals surface area contributed by atoms with Gasteiger partial charge in [0.15, 0.2) is 0 Å². The molecule has 0 spiro atoms. The van der Waals surface area contributed by atoms with Gasteiger partial charge in [-0.15, -0.1) is 0 Å². The summed E-state index contributed by atoms with van der Waals surface area (Å²) in [6.45, 7) is 4.35. The van der Waals surface area contributed by atoms with Gasteiger partial charge in [0.2, 0.25) is 5.91 Å². The third-order valence-electron chi connectivity index (χ3n) is 4.88. The number of sulfonamides is 1. The maximum absolute atomic E-state index is 13.0. The number of anilines is 2. The molecule has 2 aromatic carbocycles. The van der Waals surface area contributed by atoms with Gasteiger partial charge in [0.05, 0.1) is 19.9 Å². The number of amides is 1. The number of nitrogens with one attached hydrogen (secondary N) is 1. The molecule has 2 aromatic rings. The van der Waals surface area contributed by atoms with E-state index in [9.17, 15) is 13.2 Å². The molecule has 3 rings (SSSR count). The van der Waals surface area contributed by atoms with Crippen LogP contribution < -0.4 is 19.1 Å². The van der Waals surface area contributed by atoms with E-state index >= 15 is 0 Å². The average molecular weight is 419 g/mol. The predicted molar refractivity (Wildman–Crippen MR) is 112 cm³/mol. The lowest BCUT2D eigenvalue weighted by Crippen LogP contribution is -2.38. The zero-order valence-corrected chi connectivity index (χ0v) is 17.9. The summed E-state index contributed by atoms with van der Waals surface area (Å²) in [5, 5.41) is 0. The Morgan fingerprint density at radius 3 is 2.52 bits per heavy atom. The van der Waals surface area contributed by atoms with Crippen LogP contribution in [0.4, 0.5) is 11.4 Å². The molecular weight excluding hydrogens is 392 g/mol. The highest BCUT2D eigenvalue weighted by Crippen LogP contribution is 2.34. The van der Waals surface area contributed by atoms with Gasteiger partial charge in [0.1, 0.15) is 16.4 Å². The van der Waals surface area contributed by atoms with Crippen LogP contribution in [0.1, 0.15) is 25.8 Å². The van der Waals surface area contributed by atoms with Crippen molar-refractivity contribution in [1.82, 2.24) is 0 Å². The van der Waals surface area contributed by atoms with Gasteiger partial charge in [-0.1, -0.05) is 19.9 Å². The third kappa shape index (κ3) is 4.32. The summed E-state index contributed by atoms with van der Waals surface area (Å²) in [7, 11) is -1.05. The van der Waals surface area contributed by atoms with E-state index in [1.165, 1.54) is 20.3 Å². The number of rotatable bonds is 6. The van der Waals surface area contributed by atoms with Gasteiger partial charge < -0.3 is 14.4 Å². The number of benzene rings is 2. The van der Waals surface area contributed by atoms with Crippen molar-refractivity contribution in [3.8, 4) is 11.5 Å². The molecule has 0 saturated carbocycles. The highest BCUT2D eigenvalue weighted by molar-refractivity contribution is 7.92. The topological polar surface area (TPSA) is 84.9 Å². The summed E-state index contributed by atoms with van der Waals surface area (Å²) in [4.78, 5) is 14.3. The van der Waals surface area contributed by atoms with Crippen LogP contribution in [0, 0.1) is 5.92 Å². The van der Waals surface area contributed by atoms with Gasteiger partial charge >= 0.3 is 0 Å². The minimum absolute atomic E-state index is 0.0211. The largest absolute Gasteiger partial charge is 0.497 e. The highest BCUT2D eigenvalue weighted by atomic mass is 32.2. The summed E-state index contributed by atoms with van der Waals surface area (Å²) in [5.41, 5.74) is 2.18. The number of methoxy groups -OCH3 is 2. The summed E-state index contributed by atoms with van der Waals surface area (Å²) in [6, 6.07) is 9.89. The van der Waals surface area contributed by atoms with E-state index in [1.807, 2.05) is 19.9 Å². The molecule has 0 unspecified atom stereocenters. The van der Waals surface area contributed by atoms with Crippen LogP contribution in [0.2, 0.25) is 0 Å². The molecule has 1 aliphatic heterocycles. The van der Waals surface area contributed by atoms with Crippen molar-refractivity contribution in [1.29, 1.82) is 0 Å². The zero-order valence-electron chi connectivity index (χ0n) is 17.1. The van der Waals surface area contributed by atoms with Crippen LogP contribution in [0.25, 0.3) is 0 Å². The van der Waals surface area contributed by atoms with Crippen LogP contribution in [0.15, 0.2) is 41.3 Å². The molecule has 1 N–H and O–H groups in total. The molecule has 7 nitrogen and oxygen atoms in total. The van der Waals surface area contributed by atoms with E-state index < -0.39 is 10.0 Å². The molecular formula is C21H26N2O5S. The average Bonchev–Trinajstić information content (AvgIpc) is 2.71. The SMILES string of the molecule is COc1ccc(OC)c(S(=O)(=O)Nc2ccc3c(c2)N(C(=O)C(C)C)CCC3)c1. The predicted octanol–water partition coefficient (Wildman–Crippen LogP) is 3.44. The van der Waals surface area contributed by atoms with E-state index in [0.29, 0.717) is 18.0 Å². The fourth-order valence-electron chi connectivity index (χ4n) is 3.38. The normalized spacial score (nSPS) is 13.8. The first-order valence-corrected chi connectivity index (χ1v) is 10.9. The Bertz CT molecular complexity index is 1020. The minimum atomic E-state index is -3.93. The summed E-state index contributed by atoms with van der Waals surface area (Å²) >= 11 is 0. The van der Waals surface area contributed by atoms with Crippen LogP contribution in [-0.2, 0) is 21.2 Å². The Morgan fingerprint density at radius 1 is 1.10 bits per heavy atom. The molecule has 0 fully saturated rings. The summed E-state index contributed by atoms with van der Waals surface area (Å²) in [5.74, 6) is 0.515. The van der Waals surface area contributed by atoms with Crippen LogP contribution >= 0.6 is 0 Å². The Balaban J connectivity index is 1.97. The Morgan fingerprint density at radius 2 is 1.86 bits per heavy atom. The third-order valence-corrected chi connectivity index (χ3v) is 6.28. The minimum Gasteiger partial charge on any atom is -0.497 e.